The summed E-state index contributed by atoms with van der Waals surface area (Å²) in [5.41, 5.74) is 4.51. The highest BCUT2D eigenvalue weighted by atomic mass is 16.4. The van der Waals surface area contributed by atoms with Gasteiger partial charge in [0.1, 0.15) is 0 Å². The van der Waals surface area contributed by atoms with Crippen molar-refractivity contribution in [1.29, 1.82) is 0 Å². The van der Waals surface area contributed by atoms with Crippen LogP contribution in [0, 0.1) is 5.92 Å². The minimum absolute atomic E-state index is 0.0438. The number of carbonyl (C=O) groups is 1. The van der Waals surface area contributed by atoms with Gasteiger partial charge in [-0.25, -0.2) is 0 Å². The molecule has 4 heteroatoms. The average Bonchev–Trinajstić information content (AvgIpc) is 2.17. The van der Waals surface area contributed by atoms with Crippen molar-refractivity contribution >= 4 is 5.97 Å². The van der Waals surface area contributed by atoms with Gasteiger partial charge in [0.25, 0.3) is 0 Å². The van der Waals surface area contributed by atoms with Crippen LogP contribution in [0.4, 0.5) is 0 Å². The van der Waals surface area contributed by atoms with Crippen LogP contribution < -0.4 is 5.73 Å². The van der Waals surface area contributed by atoms with Crippen molar-refractivity contribution < 1.29 is 15.0 Å². The quantitative estimate of drug-likeness (QED) is 0.656. The standard InChI is InChI=1S/C11H21NO3/c1-8(12)11(15,7-10(13)14)9-5-3-2-4-6-9/h8-9,15H,2-7,12H2,1H3,(H,13,14)/t8-,11+/m0/s1. The molecule has 0 aromatic carbocycles. The average molecular weight is 215 g/mol. The van der Waals surface area contributed by atoms with Gasteiger partial charge in [-0.15, -0.1) is 0 Å². The summed E-state index contributed by atoms with van der Waals surface area (Å²) in [5, 5.41) is 19.2. The third kappa shape index (κ3) is 2.92. The molecule has 0 aromatic heterocycles. The lowest BCUT2D eigenvalue weighted by atomic mass is 9.72. The summed E-state index contributed by atoms with van der Waals surface area (Å²) in [5.74, 6) is -0.928. The largest absolute Gasteiger partial charge is 0.481 e. The summed E-state index contributed by atoms with van der Waals surface area (Å²) < 4.78 is 0. The molecule has 4 N–H and O–H groups in total. The molecule has 1 aliphatic rings. The van der Waals surface area contributed by atoms with Crippen LogP contribution in [-0.4, -0.2) is 27.8 Å². The van der Waals surface area contributed by atoms with E-state index in [2.05, 4.69) is 0 Å². The lowest BCUT2D eigenvalue weighted by Crippen LogP contribution is -2.53. The maximum Gasteiger partial charge on any atom is 0.306 e. The Labute approximate surface area is 90.5 Å². The van der Waals surface area contributed by atoms with E-state index in [9.17, 15) is 9.90 Å². The first-order valence-electron chi connectivity index (χ1n) is 5.66. The Morgan fingerprint density at radius 2 is 2.00 bits per heavy atom. The van der Waals surface area contributed by atoms with Gasteiger partial charge in [-0.05, 0) is 25.7 Å². The van der Waals surface area contributed by atoms with Crippen molar-refractivity contribution in [2.24, 2.45) is 11.7 Å². The van der Waals surface area contributed by atoms with Gasteiger partial charge >= 0.3 is 5.97 Å². The summed E-state index contributed by atoms with van der Waals surface area (Å²) in [7, 11) is 0. The topological polar surface area (TPSA) is 83.5 Å². The zero-order valence-corrected chi connectivity index (χ0v) is 9.28. The highest BCUT2D eigenvalue weighted by Crippen LogP contribution is 2.36. The molecule has 1 aliphatic carbocycles. The Morgan fingerprint density at radius 3 is 2.40 bits per heavy atom. The first-order valence-corrected chi connectivity index (χ1v) is 5.66. The monoisotopic (exact) mass is 215 g/mol. The molecule has 88 valence electrons. The van der Waals surface area contributed by atoms with E-state index in [0.29, 0.717) is 0 Å². The van der Waals surface area contributed by atoms with Gasteiger partial charge in [0.05, 0.1) is 12.0 Å². The summed E-state index contributed by atoms with van der Waals surface area (Å²) in [4.78, 5) is 10.7. The van der Waals surface area contributed by atoms with Crippen molar-refractivity contribution in [3.63, 3.8) is 0 Å². The molecule has 2 atom stereocenters. The van der Waals surface area contributed by atoms with Gasteiger partial charge in [0, 0.05) is 6.04 Å². The van der Waals surface area contributed by atoms with Crippen LogP contribution >= 0.6 is 0 Å². The molecule has 4 nitrogen and oxygen atoms in total. The molecule has 1 rings (SSSR count). The molecular weight excluding hydrogens is 194 g/mol. The number of rotatable bonds is 4. The molecule has 0 radical (unpaired) electrons. The fourth-order valence-electron chi connectivity index (χ4n) is 2.52. The maximum absolute atomic E-state index is 10.7. The van der Waals surface area contributed by atoms with Crippen molar-refractivity contribution in [2.45, 2.75) is 57.1 Å². The first-order chi connectivity index (χ1) is 6.97. The summed E-state index contributed by atoms with van der Waals surface area (Å²) >= 11 is 0. The Morgan fingerprint density at radius 1 is 1.47 bits per heavy atom. The summed E-state index contributed by atoms with van der Waals surface area (Å²) in [6.45, 7) is 1.69. The van der Waals surface area contributed by atoms with E-state index < -0.39 is 17.6 Å². The van der Waals surface area contributed by atoms with E-state index in [4.69, 9.17) is 10.8 Å². The van der Waals surface area contributed by atoms with Gasteiger partial charge < -0.3 is 15.9 Å². The van der Waals surface area contributed by atoms with Crippen molar-refractivity contribution in [3.8, 4) is 0 Å². The number of aliphatic carboxylic acids is 1. The molecule has 0 heterocycles. The number of nitrogens with two attached hydrogens (primary N) is 1. The second kappa shape index (κ2) is 4.94. The Kier molecular flexibility index (Phi) is 4.11. The first kappa shape index (κ1) is 12.5. The number of aliphatic hydroxyl groups is 1. The number of hydrogen-bond acceptors (Lipinski definition) is 3. The smallest absolute Gasteiger partial charge is 0.306 e. The Bertz CT molecular complexity index is 224. The van der Waals surface area contributed by atoms with E-state index in [1.807, 2.05) is 0 Å². The molecule has 15 heavy (non-hydrogen) atoms. The molecule has 1 saturated carbocycles. The highest BCUT2D eigenvalue weighted by molar-refractivity contribution is 5.68. The van der Waals surface area contributed by atoms with Crippen LogP contribution in [0.1, 0.15) is 45.4 Å². The summed E-state index contributed by atoms with van der Waals surface area (Å²) in [6.07, 6.45) is 4.86. The van der Waals surface area contributed by atoms with Crippen LogP contribution in [0.5, 0.6) is 0 Å². The summed E-state index contributed by atoms with van der Waals surface area (Å²) in [6, 6.07) is -0.489. The van der Waals surface area contributed by atoms with E-state index in [0.717, 1.165) is 25.7 Å². The van der Waals surface area contributed by atoms with Gasteiger partial charge in [-0.1, -0.05) is 19.3 Å². The van der Waals surface area contributed by atoms with E-state index in [1.165, 1.54) is 6.42 Å². The van der Waals surface area contributed by atoms with Crippen LogP contribution in [0.2, 0.25) is 0 Å². The van der Waals surface area contributed by atoms with Gasteiger partial charge in [-0.2, -0.15) is 0 Å². The fraction of sp³-hybridized carbons (Fsp3) is 0.909. The molecular formula is C11H21NO3. The zero-order chi connectivity index (χ0) is 11.5. The van der Waals surface area contributed by atoms with Crippen LogP contribution in [-0.2, 0) is 4.79 Å². The Balaban J connectivity index is 2.74. The normalized spacial score (nSPS) is 24.5. The molecule has 1 fully saturated rings. The van der Waals surface area contributed by atoms with E-state index in [1.54, 1.807) is 6.92 Å². The Hall–Kier alpha value is -0.610. The lowest BCUT2D eigenvalue weighted by Gasteiger charge is -2.40. The fourth-order valence-corrected chi connectivity index (χ4v) is 2.52. The SMILES string of the molecule is C[C@H](N)[C@](O)(CC(=O)O)C1CCCCC1. The molecule has 0 bridgehead atoms. The number of carboxylic acid groups (broad SMARTS) is 1. The molecule has 0 amide bonds. The van der Waals surface area contributed by atoms with Crippen LogP contribution in [0.15, 0.2) is 0 Å². The van der Waals surface area contributed by atoms with E-state index >= 15 is 0 Å². The van der Waals surface area contributed by atoms with Crippen molar-refractivity contribution in [2.75, 3.05) is 0 Å². The number of carboxylic acids is 1. The van der Waals surface area contributed by atoms with Gasteiger partial charge in [-0.3, -0.25) is 4.79 Å². The zero-order valence-electron chi connectivity index (χ0n) is 9.28. The number of hydrogen-bond donors (Lipinski definition) is 3. The predicted octanol–water partition coefficient (Wildman–Crippen LogP) is 1.12. The third-order valence-electron chi connectivity index (χ3n) is 3.54. The predicted molar refractivity (Wildman–Crippen MR) is 57.4 cm³/mol. The molecule has 0 saturated heterocycles. The minimum atomic E-state index is -1.23. The minimum Gasteiger partial charge on any atom is -0.481 e. The third-order valence-corrected chi connectivity index (χ3v) is 3.54. The van der Waals surface area contributed by atoms with Crippen molar-refractivity contribution in [3.05, 3.63) is 0 Å². The van der Waals surface area contributed by atoms with Crippen LogP contribution in [0.3, 0.4) is 0 Å². The second-order valence-corrected chi connectivity index (χ2v) is 4.69. The molecule has 0 unspecified atom stereocenters. The second-order valence-electron chi connectivity index (χ2n) is 4.69. The van der Waals surface area contributed by atoms with E-state index in [-0.39, 0.29) is 12.3 Å². The maximum atomic E-state index is 10.7. The lowest BCUT2D eigenvalue weighted by molar-refractivity contribution is -0.147. The molecule has 0 spiro atoms. The molecule has 0 aromatic rings. The van der Waals surface area contributed by atoms with Crippen molar-refractivity contribution in [1.82, 2.24) is 0 Å². The van der Waals surface area contributed by atoms with Gasteiger partial charge in [0.2, 0.25) is 0 Å². The van der Waals surface area contributed by atoms with Gasteiger partial charge in [0.15, 0.2) is 0 Å². The molecule has 0 aliphatic heterocycles. The highest BCUT2D eigenvalue weighted by Gasteiger charge is 2.42. The van der Waals surface area contributed by atoms with Crippen LogP contribution in [0.25, 0.3) is 0 Å².